The Hall–Kier alpha value is -2.64. The molecule has 1 aromatic heterocycles. The molecule has 150 valence electrons. The van der Waals surface area contributed by atoms with Gasteiger partial charge in [-0.1, -0.05) is 24.3 Å². The minimum Gasteiger partial charge on any atom is -0.256 e. The lowest BCUT2D eigenvalue weighted by atomic mass is 10.1. The first-order chi connectivity index (χ1) is 13.9. The van der Waals surface area contributed by atoms with Gasteiger partial charge in [-0.25, -0.2) is 17.2 Å². The normalized spacial score (nSPS) is 17.5. The molecule has 1 aliphatic rings. The van der Waals surface area contributed by atoms with Crippen LogP contribution in [0.15, 0.2) is 71.6 Å². The molecular weight excluding hydrogens is 394 g/mol. The molecule has 0 amide bonds. The fourth-order valence-electron chi connectivity index (χ4n) is 3.68. The van der Waals surface area contributed by atoms with Gasteiger partial charge < -0.3 is 0 Å². The van der Waals surface area contributed by atoms with Crippen molar-refractivity contribution in [3.05, 3.63) is 95.3 Å². The van der Waals surface area contributed by atoms with Crippen LogP contribution in [-0.2, 0) is 16.4 Å². The lowest BCUT2D eigenvalue weighted by Gasteiger charge is -2.24. The average Bonchev–Trinajstić information content (AvgIpc) is 3.21. The molecule has 1 atom stereocenters. The Morgan fingerprint density at radius 1 is 0.966 bits per heavy atom. The first-order valence-corrected chi connectivity index (χ1v) is 10.9. The molecule has 1 saturated heterocycles. The van der Waals surface area contributed by atoms with Crippen LogP contribution in [-0.4, -0.2) is 24.3 Å². The predicted octanol–water partition coefficient (Wildman–Crippen LogP) is 4.48. The molecule has 0 aliphatic carbocycles. The van der Waals surface area contributed by atoms with E-state index in [0.717, 1.165) is 12.1 Å². The molecule has 4 rings (SSSR count). The Kier molecular flexibility index (Phi) is 5.43. The summed E-state index contributed by atoms with van der Waals surface area (Å²) in [7, 11) is -3.76. The van der Waals surface area contributed by atoms with Crippen molar-refractivity contribution in [2.75, 3.05) is 6.54 Å². The minimum atomic E-state index is -3.76. The van der Waals surface area contributed by atoms with E-state index in [-0.39, 0.29) is 10.7 Å². The fraction of sp³-hybridized carbons (Fsp3) is 0.227. The van der Waals surface area contributed by atoms with Crippen LogP contribution in [0.3, 0.4) is 0 Å². The third kappa shape index (κ3) is 4.06. The molecule has 7 heteroatoms. The number of pyridine rings is 1. The lowest BCUT2D eigenvalue weighted by Crippen LogP contribution is -2.31. The number of halogens is 2. The molecule has 0 radical (unpaired) electrons. The van der Waals surface area contributed by atoms with Crippen LogP contribution >= 0.6 is 0 Å². The van der Waals surface area contributed by atoms with Gasteiger partial charge in [0.1, 0.15) is 11.6 Å². The highest BCUT2D eigenvalue weighted by molar-refractivity contribution is 7.89. The zero-order valence-electron chi connectivity index (χ0n) is 15.6. The van der Waals surface area contributed by atoms with E-state index in [4.69, 9.17) is 0 Å². The topological polar surface area (TPSA) is 50.3 Å². The summed E-state index contributed by atoms with van der Waals surface area (Å²) in [4.78, 5) is 4.69. The van der Waals surface area contributed by atoms with Crippen molar-refractivity contribution >= 4 is 10.0 Å². The minimum absolute atomic E-state index is 0.0633. The Labute approximate surface area is 168 Å². The molecule has 2 heterocycles. The van der Waals surface area contributed by atoms with Crippen LogP contribution < -0.4 is 0 Å². The number of sulfonamides is 1. The van der Waals surface area contributed by atoms with E-state index in [1.165, 1.54) is 22.5 Å². The van der Waals surface area contributed by atoms with Gasteiger partial charge in [-0.15, -0.1) is 0 Å². The van der Waals surface area contributed by atoms with Gasteiger partial charge in [-0.3, -0.25) is 4.98 Å². The average molecular weight is 414 g/mol. The zero-order chi connectivity index (χ0) is 20.4. The second-order valence-corrected chi connectivity index (χ2v) is 8.94. The van der Waals surface area contributed by atoms with Gasteiger partial charge in [0.2, 0.25) is 10.0 Å². The van der Waals surface area contributed by atoms with E-state index in [0.29, 0.717) is 42.8 Å². The van der Waals surface area contributed by atoms with Crippen LogP contribution in [0.4, 0.5) is 8.78 Å². The summed E-state index contributed by atoms with van der Waals surface area (Å²) < 4.78 is 54.7. The highest BCUT2D eigenvalue weighted by Gasteiger charge is 2.37. The molecule has 2 aromatic carbocycles. The first-order valence-electron chi connectivity index (χ1n) is 9.42. The highest BCUT2D eigenvalue weighted by Crippen LogP contribution is 2.36. The van der Waals surface area contributed by atoms with Crippen LogP contribution in [0, 0.1) is 11.6 Å². The molecule has 1 aliphatic heterocycles. The second kappa shape index (κ2) is 8.00. The maximum absolute atomic E-state index is 14.0. The van der Waals surface area contributed by atoms with Crippen LogP contribution in [0.2, 0.25) is 0 Å². The Balaban J connectivity index is 1.62. The molecule has 29 heavy (non-hydrogen) atoms. The number of aromatic nitrogens is 1. The Bertz CT molecular complexity index is 1120. The molecule has 4 nitrogen and oxygen atoms in total. The number of hydrogen-bond acceptors (Lipinski definition) is 3. The Morgan fingerprint density at radius 2 is 1.72 bits per heavy atom. The maximum atomic E-state index is 14.0. The summed E-state index contributed by atoms with van der Waals surface area (Å²) in [6.07, 6.45) is 1.69. The molecule has 0 unspecified atom stereocenters. The molecule has 0 saturated carbocycles. The summed E-state index contributed by atoms with van der Waals surface area (Å²) in [6.45, 7) is 0.379. The second-order valence-electron chi connectivity index (χ2n) is 7.05. The molecule has 1 fully saturated rings. The molecule has 0 N–H and O–H groups in total. The van der Waals surface area contributed by atoms with Gasteiger partial charge in [0.05, 0.1) is 16.6 Å². The van der Waals surface area contributed by atoms with Gasteiger partial charge in [-0.05, 0) is 60.9 Å². The van der Waals surface area contributed by atoms with Crippen molar-refractivity contribution in [1.29, 1.82) is 0 Å². The van der Waals surface area contributed by atoms with E-state index >= 15 is 0 Å². The molecule has 0 spiro atoms. The zero-order valence-corrected chi connectivity index (χ0v) is 16.4. The number of rotatable bonds is 5. The van der Waals surface area contributed by atoms with Gasteiger partial charge in [0.25, 0.3) is 0 Å². The largest absolute Gasteiger partial charge is 0.256 e. The summed E-state index contributed by atoms with van der Waals surface area (Å²) in [5.41, 5.74) is 1.86. The summed E-state index contributed by atoms with van der Waals surface area (Å²) >= 11 is 0. The van der Waals surface area contributed by atoms with Crippen molar-refractivity contribution in [3.8, 4) is 0 Å². The van der Waals surface area contributed by atoms with E-state index < -0.39 is 21.9 Å². The van der Waals surface area contributed by atoms with Gasteiger partial charge >= 0.3 is 0 Å². The highest BCUT2D eigenvalue weighted by atomic mass is 32.2. The van der Waals surface area contributed by atoms with Crippen molar-refractivity contribution < 1.29 is 17.2 Å². The summed E-state index contributed by atoms with van der Waals surface area (Å²) in [6, 6.07) is 16.4. The fourth-order valence-corrected chi connectivity index (χ4v) is 5.35. The standard InChI is InChI=1S/C22H20F2N2O2S/c23-17-10-12-19(13-11-17)29(27,28)26-14-4-9-22(26)21-8-3-6-18(25-21)15-16-5-1-2-7-20(16)24/h1-3,5-8,10-13,22H,4,9,14-15H2/t22-/m1/s1. The van der Waals surface area contributed by atoms with Gasteiger partial charge in [0.15, 0.2) is 0 Å². The number of hydrogen-bond donors (Lipinski definition) is 0. The van der Waals surface area contributed by atoms with Gasteiger partial charge in [-0.2, -0.15) is 4.31 Å². The van der Waals surface area contributed by atoms with E-state index in [2.05, 4.69) is 4.98 Å². The van der Waals surface area contributed by atoms with Gasteiger partial charge in [0, 0.05) is 18.7 Å². The van der Waals surface area contributed by atoms with E-state index in [1.807, 2.05) is 12.1 Å². The Morgan fingerprint density at radius 3 is 2.48 bits per heavy atom. The molecular formula is C22H20F2N2O2S. The van der Waals surface area contributed by atoms with Crippen LogP contribution in [0.5, 0.6) is 0 Å². The molecule has 0 bridgehead atoms. The SMILES string of the molecule is O=S(=O)(c1ccc(F)cc1)N1CCC[C@@H]1c1cccc(Cc2ccccc2F)n1. The van der Waals surface area contributed by atoms with E-state index in [1.54, 1.807) is 24.3 Å². The lowest BCUT2D eigenvalue weighted by molar-refractivity contribution is 0.390. The van der Waals surface area contributed by atoms with Crippen molar-refractivity contribution in [2.45, 2.75) is 30.2 Å². The third-order valence-corrected chi connectivity index (χ3v) is 7.05. The maximum Gasteiger partial charge on any atom is 0.243 e. The van der Waals surface area contributed by atoms with Crippen molar-refractivity contribution in [1.82, 2.24) is 9.29 Å². The van der Waals surface area contributed by atoms with Crippen molar-refractivity contribution in [3.63, 3.8) is 0 Å². The predicted molar refractivity (Wildman–Crippen MR) is 106 cm³/mol. The smallest absolute Gasteiger partial charge is 0.243 e. The van der Waals surface area contributed by atoms with Crippen LogP contribution in [0.25, 0.3) is 0 Å². The monoisotopic (exact) mass is 414 g/mol. The number of nitrogens with zero attached hydrogens (tertiary/aromatic N) is 2. The van der Waals surface area contributed by atoms with Crippen LogP contribution in [0.1, 0.15) is 35.8 Å². The van der Waals surface area contributed by atoms with Crippen molar-refractivity contribution in [2.24, 2.45) is 0 Å². The third-order valence-electron chi connectivity index (χ3n) is 5.12. The van der Waals surface area contributed by atoms with E-state index in [9.17, 15) is 17.2 Å². The summed E-state index contributed by atoms with van der Waals surface area (Å²) in [5, 5.41) is 0. The molecule has 3 aromatic rings. The first kappa shape index (κ1) is 19.7. The number of benzene rings is 2. The summed E-state index contributed by atoms with van der Waals surface area (Å²) in [5.74, 6) is -0.773. The quantitative estimate of drug-likeness (QED) is 0.619.